The van der Waals surface area contributed by atoms with Crippen LogP contribution in [0.4, 0.5) is 30.7 Å². The minimum absolute atomic E-state index is 3.18. The summed E-state index contributed by atoms with van der Waals surface area (Å²) in [5, 5.41) is 0. The molecule has 4 atom stereocenters. The molecule has 13 heavy (non-hydrogen) atoms. The van der Waals surface area contributed by atoms with Crippen LogP contribution in [-0.4, -0.2) is 36.8 Å². The summed E-state index contributed by atoms with van der Waals surface area (Å²) in [5.74, 6) is -4.80. The monoisotopic (exact) mass is 210 g/mol. The summed E-state index contributed by atoms with van der Waals surface area (Å²) in [4.78, 5) is 0. The molecule has 0 aromatic rings. The molecule has 1 rings (SSSR count). The molecule has 0 radical (unpaired) electrons. The molecule has 0 spiro atoms. The van der Waals surface area contributed by atoms with Gasteiger partial charge in [-0.1, -0.05) is 0 Å². The molecule has 4 unspecified atom stereocenters. The Kier molecular flexibility index (Phi) is 2.46. The maximum Gasteiger partial charge on any atom is 0.315 e. The van der Waals surface area contributed by atoms with Gasteiger partial charge in [0.25, 0.3) is 0 Å². The van der Waals surface area contributed by atoms with Crippen LogP contribution in [0, 0.1) is 0 Å². The summed E-state index contributed by atoms with van der Waals surface area (Å²) in [6, 6.07) is 0. The Bertz CT molecular complexity index is 175. The summed E-state index contributed by atoms with van der Waals surface area (Å²) >= 11 is 0. The van der Waals surface area contributed by atoms with Crippen molar-refractivity contribution in [2.75, 3.05) is 0 Å². The predicted octanol–water partition coefficient (Wildman–Crippen LogP) is 2.33. The van der Waals surface area contributed by atoms with E-state index in [1.165, 1.54) is 0 Å². The second-order valence-corrected chi connectivity index (χ2v) is 2.81. The van der Waals surface area contributed by atoms with Crippen LogP contribution in [-0.2, 0) is 0 Å². The smallest absolute Gasteiger partial charge is 0.241 e. The number of hydrogen-bond acceptors (Lipinski definition) is 0. The molecule has 1 saturated carbocycles. The molecule has 0 bridgehead atoms. The molecule has 0 aromatic carbocycles. The molecule has 0 heterocycles. The number of alkyl halides is 7. The Morgan fingerprint density at radius 3 is 1.23 bits per heavy atom. The fourth-order valence-electron chi connectivity index (χ4n) is 1.08. The Labute approximate surface area is 68.7 Å². The lowest BCUT2D eigenvalue weighted by Crippen LogP contribution is -2.60. The fraction of sp³-hybridized carbons (Fsp3) is 1.00. The third kappa shape index (κ3) is 1.38. The van der Waals surface area contributed by atoms with Crippen molar-refractivity contribution in [3.05, 3.63) is 0 Å². The fourth-order valence-corrected chi connectivity index (χ4v) is 1.08. The Morgan fingerprint density at radius 1 is 0.615 bits per heavy atom. The van der Waals surface area contributed by atoms with Crippen LogP contribution < -0.4 is 0 Å². The second-order valence-electron chi connectivity index (χ2n) is 2.81. The zero-order chi connectivity index (χ0) is 10.4. The SMILES string of the molecule is FC1C(F)C(F)C(F)(F)C(F)C1F. The summed E-state index contributed by atoms with van der Waals surface area (Å²) in [5.41, 5.74) is 0. The molecule has 0 saturated heterocycles. The van der Waals surface area contributed by atoms with Gasteiger partial charge in [0, 0.05) is 0 Å². The molecule has 7 heteroatoms. The highest BCUT2D eigenvalue weighted by Gasteiger charge is 2.64. The van der Waals surface area contributed by atoms with E-state index in [1.807, 2.05) is 0 Å². The van der Waals surface area contributed by atoms with Crippen molar-refractivity contribution in [2.24, 2.45) is 0 Å². The molecular weight excluding hydrogens is 205 g/mol. The van der Waals surface area contributed by atoms with E-state index in [1.54, 1.807) is 0 Å². The normalized spacial score (nSPS) is 50.5. The van der Waals surface area contributed by atoms with E-state index in [9.17, 15) is 30.7 Å². The standard InChI is InChI=1S/C6H5F7/c7-1-2(8)4(10)6(12,13)5(11)3(1)9/h1-5H. The number of rotatable bonds is 0. The van der Waals surface area contributed by atoms with Crippen molar-refractivity contribution in [3.8, 4) is 0 Å². The summed E-state index contributed by atoms with van der Waals surface area (Å²) in [6.07, 6.45) is -17.1. The van der Waals surface area contributed by atoms with E-state index < -0.39 is 36.8 Å². The minimum atomic E-state index is -4.80. The molecular formula is C6H5F7. The highest BCUT2D eigenvalue weighted by molar-refractivity contribution is 5.04. The molecule has 0 N–H and O–H groups in total. The van der Waals surface area contributed by atoms with E-state index >= 15 is 0 Å². The molecule has 1 fully saturated rings. The van der Waals surface area contributed by atoms with Crippen molar-refractivity contribution in [1.82, 2.24) is 0 Å². The van der Waals surface area contributed by atoms with E-state index in [-0.39, 0.29) is 0 Å². The first kappa shape index (κ1) is 10.6. The van der Waals surface area contributed by atoms with Gasteiger partial charge in [0.05, 0.1) is 0 Å². The number of hydrogen-bond donors (Lipinski definition) is 0. The molecule has 0 nitrogen and oxygen atoms in total. The Morgan fingerprint density at radius 2 is 0.923 bits per heavy atom. The maximum atomic E-state index is 12.3. The highest BCUT2D eigenvalue weighted by atomic mass is 19.3. The lowest BCUT2D eigenvalue weighted by Gasteiger charge is -2.35. The van der Waals surface area contributed by atoms with E-state index in [2.05, 4.69) is 0 Å². The van der Waals surface area contributed by atoms with Gasteiger partial charge in [0.1, 0.15) is 0 Å². The third-order valence-electron chi connectivity index (χ3n) is 1.90. The molecule has 1 aliphatic rings. The van der Waals surface area contributed by atoms with Crippen molar-refractivity contribution < 1.29 is 30.7 Å². The van der Waals surface area contributed by atoms with Crippen LogP contribution >= 0.6 is 0 Å². The van der Waals surface area contributed by atoms with Crippen molar-refractivity contribution in [1.29, 1.82) is 0 Å². The average molecular weight is 210 g/mol. The van der Waals surface area contributed by atoms with E-state index in [4.69, 9.17) is 0 Å². The van der Waals surface area contributed by atoms with Gasteiger partial charge in [-0.25, -0.2) is 22.0 Å². The molecule has 78 valence electrons. The number of halogens is 7. The van der Waals surface area contributed by atoms with E-state index in [0.29, 0.717) is 0 Å². The zero-order valence-electron chi connectivity index (χ0n) is 6.03. The van der Waals surface area contributed by atoms with Crippen LogP contribution in [0.15, 0.2) is 0 Å². The predicted molar refractivity (Wildman–Crippen MR) is 29.4 cm³/mol. The first-order valence-electron chi connectivity index (χ1n) is 3.38. The van der Waals surface area contributed by atoms with Gasteiger partial charge in [-0.15, -0.1) is 0 Å². The van der Waals surface area contributed by atoms with Crippen molar-refractivity contribution >= 4 is 0 Å². The Balaban J connectivity index is 2.93. The van der Waals surface area contributed by atoms with Crippen molar-refractivity contribution in [2.45, 2.75) is 36.8 Å². The van der Waals surface area contributed by atoms with Gasteiger partial charge in [-0.3, -0.25) is 0 Å². The first-order valence-corrected chi connectivity index (χ1v) is 3.38. The lowest BCUT2D eigenvalue weighted by atomic mass is 9.88. The summed E-state index contributed by atoms with van der Waals surface area (Å²) < 4.78 is 85.8. The van der Waals surface area contributed by atoms with Gasteiger partial charge < -0.3 is 0 Å². The third-order valence-corrected chi connectivity index (χ3v) is 1.90. The van der Waals surface area contributed by atoms with Gasteiger partial charge in [-0.05, 0) is 0 Å². The maximum absolute atomic E-state index is 12.3. The van der Waals surface area contributed by atoms with Crippen LogP contribution in [0.25, 0.3) is 0 Å². The van der Waals surface area contributed by atoms with Crippen LogP contribution in [0.5, 0.6) is 0 Å². The highest BCUT2D eigenvalue weighted by Crippen LogP contribution is 2.41. The van der Waals surface area contributed by atoms with Crippen molar-refractivity contribution in [3.63, 3.8) is 0 Å². The minimum Gasteiger partial charge on any atom is -0.241 e. The van der Waals surface area contributed by atoms with Gasteiger partial charge in [0.15, 0.2) is 18.5 Å². The van der Waals surface area contributed by atoms with Gasteiger partial charge in [-0.2, -0.15) is 8.78 Å². The van der Waals surface area contributed by atoms with Gasteiger partial charge in [0.2, 0.25) is 12.3 Å². The Hall–Kier alpha value is -0.490. The van der Waals surface area contributed by atoms with Gasteiger partial charge >= 0.3 is 5.92 Å². The summed E-state index contributed by atoms with van der Waals surface area (Å²) in [6.45, 7) is 0. The topological polar surface area (TPSA) is 0 Å². The second kappa shape index (κ2) is 3.02. The van der Waals surface area contributed by atoms with E-state index in [0.717, 1.165) is 0 Å². The lowest BCUT2D eigenvalue weighted by molar-refractivity contribution is -0.211. The molecule has 1 aliphatic carbocycles. The average Bonchev–Trinajstić information content (AvgIpc) is 2.09. The molecule has 0 aliphatic heterocycles. The summed E-state index contributed by atoms with van der Waals surface area (Å²) in [7, 11) is 0. The quantitative estimate of drug-likeness (QED) is 0.538. The van der Waals surface area contributed by atoms with Crippen LogP contribution in [0.3, 0.4) is 0 Å². The van der Waals surface area contributed by atoms with Crippen LogP contribution in [0.2, 0.25) is 0 Å². The zero-order valence-corrected chi connectivity index (χ0v) is 6.03. The molecule has 0 amide bonds. The van der Waals surface area contributed by atoms with Crippen LogP contribution in [0.1, 0.15) is 0 Å². The first-order chi connectivity index (χ1) is 5.80. The largest absolute Gasteiger partial charge is 0.315 e. The molecule has 0 aromatic heterocycles.